The Bertz CT molecular complexity index is 796. The summed E-state index contributed by atoms with van der Waals surface area (Å²) in [7, 11) is 1.50. The van der Waals surface area contributed by atoms with Crippen molar-refractivity contribution in [3.8, 4) is 0 Å². The van der Waals surface area contributed by atoms with Crippen LogP contribution in [0.5, 0.6) is 0 Å². The molecule has 0 fully saturated rings. The molecule has 0 aliphatic heterocycles. The van der Waals surface area contributed by atoms with Crippen molar-refractivity contribution in [3.05, 3.63) is 59.7 Å². The molecule has 0 radical (unpaired) electrons. The molecule has 3 aromatic rings. The number of fused-ring (bicyclic) bond motifs is 1. The first-order valence-electron chi connectivity index (χ1n) is 7.35. The highest BCUT2D eigenvalue weighted by molar-refractivity contribution is 5.77. The van der Waals surface area contributed by atoms with E-state index < -0.39 is 17.8 Å². The van der Waals surface area contributed by atoms with Gasteiger partial charge in [0.25, 0.3) is 0 Å². The molecule has 0 bridgehead atoms. The van der Waals surface area contributed by atoms with Crippen LogP contribution in [0.2, 0.25) is 0 Å². The second kappa shape index (κ2) is 6.52. The fourth-order valence-corrected chi connectivity index (χ4v) is 2.51. The van der Waals surface area contributed by atoms with E-state index in [1.165, 1.54) is 13.2 Å². The molecule has 126 valence electrons. The number of hydrogen-bond acceptors (Lipinski definition) is 3. The number of imidazole rings is 1. The maximum atomic E-state index is 12.9. The van der Waals surface area contributed by atoms with E-state index in [1.807, 2.05) is 24.3 Å². The molecule has 1 atom stereocenters. The molecular formula is C17H16F3N3O. The van der Waals surface area contributed by atoms with Gasteiger partial charge in [0.1, 0.15) is 0 Å². The van der Waals surface area contributed by atoms with E-state index in [0.29, 0.717) is 11.5 Å². The molecule has 0 spiro atoms. The summed E-state index contributed by atoms with van der Waals surface area (Å²) in [6, 6.07) is 12.2. The van der Waals surface area contributed by atoms with Gasteiger partial charge in [-0.25, -0.2) is 4.98 Å². The number of aromatic amines is 1. The second-order valence-electron chi connectivity index (χ2n) is 5.38. The van der Waals surface area contributed by atoms with E-state index in [-0.39, 0.29) is 6.61 Å². The van der Waals surface area contributed by atoms with E-state index in [1.54, 1.807) is 6.07 Å². The number of methoxy groups -OCH3 is 1. The molecule has 24 heavy (non-hydrogen) atoms. The Morgan fingerprint density at radius 1 is 1.17 bits per heavy atom. The zero-order valence-corrected chi connectivity index (χ0v) is 12.9. The average molecular weight is 335 g/mol. The van der Waals surface area contributed by atoms with Crippen LogP contribution in [0.15, 0.2) is 48.5 Å². The van der Waals surface area contributed by atoms with Crippen molar-refractivity contribution in [1.29, 1.82) is 0 Å². The molecule has 2 N–H and O–H groups in total. The molecule has 3 rings (SSSR count). The topological polar surface area (TPSA) is 49.9 Å². The second-order valence-corrected chi connectivity index (χ2v) is 5.38. The molecule has 2 aromatic carbocycles. The molecule has 0 saturated carbocycles. The van der Waals surface area contributed by atoms with E-state index in [2.05, 4.69) is 15.3 Å². The van der Waals surface area contributed by atoms with Gasteiger partial charge in [0.15, 0.2) is 0 Å². The summed E-state index contributed by atoms with van der Waals surface area (Å²) in [6.07, 6.45) is -4.38. The fraction of sp³-hybridized carbons (Fsp3) is 0.235. The number of para-hydroxylation sites is 2. The van der Waals surface area contributed by atoms with Gasteiger partial charge in [-0.15, -0.1) is 0 Å². The number of ether oxygens (including phenoxy) is 1. The van der Waals surface area contributed by atoms with Gasteiger partial charge in [0.05, 0.1) is 29.2 Å². The van der Waals surface area contributed by atoms with Gasteiger partial charge in [-0.1, -0.05) is 24.3 Å². The van der Waals surface area contributed by atoms with E-state index in [4.69, 9.17) is 4.74 Å². The van der Waals surface area contributed by atoms with Gasteiger partial charge in [0, 0.05) is 7.11 Å². The summed E-state index contributed by atoms with van der Waals surface area (Å²) >= 11 is 0. The molecule has 1 aromatic heterocycles. The number of benzene rings is 2. The normalized spacial score (nSPS) is 13.2. The standard InChI is InChI=1S/C17H16F3N3O/c1-24-10-15(11-5-4-6-12(9-11)17(18,19)20)23-16-21-13-7-2-3-8-14(13)22-16/h2-9,15H,10H2,1H3,(H2,21,22,23). The Balaban J connectivity index is 1.89. The number of anilines is 1. The van der Waals surface area contributed by atoms with Crippen molar-refractivity contribution < 1.29 is 17.9 Å². The number of H-pyrrole nitrogens is 1. The summed E-state index contributed by atoms with van der Waals surface area (Å²) in [5.74, 6) is 0.482. The quantitative estimate of drug-likeness (QED) is 0.727. The van der Waals surface area contributed by atoms with Gasteiger partial charge >= 0.3 is 6.18 Å². The minimum absolute atomic E-state index is 0.207. The van der Waals surface area contributed by atoms with Crippen molar-refractivity contribution in [2.45, 2.75) is 12.2 Å². The molecule has 0 aliphatic rings. The SMILES string of the molecule is COCC(Nc1nc2ccccc2[nH]1)c1cccc(C(F)(F)F)c1. The van der Waals surface area contributed by atoms with E-state index >= 15 is 0 Å². The number of halogens is 3. The zero-order chi connectivity index (χ0) is 17.2. The lowest BCUT2D eigenvalue weighted by Crippen LogP contribution is -2.18. The van der Waals surface area contributed by atoms with Crippen LogP contribution in [-0.2, 0) is 10.9 Å². The predicted molar refractivity (Wildman–Crippen MR) is 85.8 cm³/mol. The largest absolute Gasteiger partial charge is 0.416 e. The highest BCUT2D eigenvalue weighted by Gasteiger charge is 2.31. The summed E-state index contributed by atoms with van der Waals surface area (Å²) < 4.78 is 43.9. The van der Waals surface area contributed by atoms with Gasteiger partial charge in [-0.3, -0.25) is 0 Å². The third-order valence-corrected chi connectivity index (χ3v) is 3.65. The van der Waals surface area contributed by atoms with Crippen molar-refractivity contribution in [2.24, 2.45) is 0 Å². The first kappa shape index (κ1) is 16.3. The Labute approximate surface area is 136 Å². The van der Waals surface area contributed by atoms with Crippen molar-refractivity contribution >= 4 is 17.0 Å². The number of nitrogens with one attached hydrogen (secondary N) is 2. The lowest BCUT2D eigenvalue weighted by Gasteiger charge is -2.19. The highest BCUT2D eigenvalue weighted by Crippen LogP contribution is 2.31. The average Bonchev–Trinajstić information content (AvgIpc) is 2.96. The lowest BCUT2D eigenvalue weighted by molar-refractivity contribution is -0.137. The van der Waals surface area contributed by atoms with Crippen molar-refractivity contribution in [2.75, 3.05) is 19.0 Å². The van der Waals surface area contributed by atoms with Crippen LogP contribution in [0.25, 0.3) is 11.0 Å². The fourth-order valence-electron chi connectivity index (χ4n) is 2.51. The molecule has 0 aliphatic carbocycles. The first-order chi connectivity index (χ1) is 11.5. The monoisotopic (exact) mass is 335 g/mol. The van der Waals surface area contributed by atoms with Gasteiger partial charge < -0.3 is 15.0 Å². The van der Waals surface area contributed by atoms with Crippen molar-refractivity contribution in [1.82, 2.24) is 9.97 Å². The minimum atomic E-state index is -4.38. The van der Waals surface area contributed by atoms with Gasteiger partial charge in [0.2, 0.25) is 5.95 Å². The molecule has 4 nitrogen and oxygen atoms in total. The smallest absolute Gasteiger partial charge is 0.382 e. The molecule has 0 saturated heterocycles. The Morgan fingerprint density at radius 2 is 1.96 bits per heavy atom. The molecular weight excluding hydrogens is 319 g/mol. The summed E-state index contributed by atoms with van der Waals surface area (Å²) in [6.45, 7) is 0.207. The zero-order valence-electron chi connectivity index (χ0n) is 12.9. The van der Waals surface area contributed by atoms with Crippen molar-refractivity contribution in [3.63, 3.8) is 0 Å². The lowest BCUT2D eigenvalue weighted by atomic mass is 10.0. The number of aromatic nitrogens is 2. The van der Waals surface area contributed by atoms with E-state index in [0.717, 1.165) is 23.2 Å². The Hall–Kier alpha value is -2.54. The number of alkyl halides is 3. The van der Waals surface area contributed by atoms with Crippen LogP contribution < -0.4 is 5.32 Å². The molecule has 7 heteroatoms. The number of nitrogens with zero attached hydrogens (tertiary/aromatic N) is 1. The maximum absolute atomic E-state index is 12.9. The van der Waals surface area contributed by atoms with Crippen LogP contribution in [0.3, 0.4) is 0 Å². The third kappa shape index (κ3) is 3.51. The maximum Gasteiger partial charge on any atom is 0.416 e. The molecule has 1 unspecified atom stereocenters. The summed E-state index contributed by atoms with van der Waals surface area (Å²) in [4.78, 5) is 7.49. The summed E-state index contributed by atoms with van der Waals surface area (Å²) in [5, 5.41) is 3.11. The highest BCUT2D eigenvalue weighted by atomic mass is 19.4. The summed E-state index contributed by atoms with van der Waals surface area (Å²) in [5.41, 5.74) is 1.42. The predicted octanol–water partition coefficient (Wildman–Crippen LogP) is 4.38. The van der Waals surface area contributed by atoms with E-state index in [9.17, 15) is 13.2 Å². The molecule has 0 amide bonds. The van der Waals surface area contributed by atoms with Crippen LogP contribution >= 0.6 is 0 Å². The van der Waals surface area contributed by atoms with Crippen LogP contribution in [-0.4, -0.2) is 23.7 Å². The van der Waals surface area contributed by atoms with Crippen LogP contribution in [0.4, 0.5) is 19.1 Å². The molecule has 1 heterocycles. The Kier molecular flexibility index (Phi) is 4.44. The first-order valence-corrected chi connectivity index (χ1v) is 7.35. The number of rotatable bonds is 5. The minimum Gasteiger partial charge on any atom is -0.382 e. The van der Waals surface area contributed by atoms with Gasteiger partial charge in [-0.2, -0.15) is 13.2 Å². The van der Waals surface area contributed by atoms with Gasteiger partial charge in [-0.05, 0) is 29.8 Å². The number of hydrogen-bond donors (Lipinski definition) is 2. The third-order valence-electron chi connectivity index (χ3n) is 3.65. The Morgan fingerprint density at radius 3 is 2.67 bits per heavy atom. The van der Waals surface area contributed by atoms with Crippen LogP contribution in [0.1, 0.15) is 17.2 Å². The van der Waals surface area contributed by atoms with Crippen LogP contribution in [0, 0.1) is 0 Å².